The van der Waals surface area contributed by atoms with Crippen LogP contribution in [0.2, 0.25) is 0 Å². The smallest absolute Gasteiger partial charge is 0.254 e. The second-order valence-corrected chi connectivity index (χ2v) is 5.45. The third-order valence-electron chi connectivity index (χ3n) is 4.02. The van der Waals surface area contributed by atoms with Gasteiger partial charge in [0, 0.05) is 19.6 Å². The molecule has 1 aliphatic heterocycles. The number of nitrogens with zero attached hydrogens (tertiary/aromatic N) is 3. The molecule has 2 rings (SSSR count). The molecule has 2 heterocycles. The van der Waals surface area contributed by atoms with E-state index >= 15 is 0 Å². The molecule has 1 saturated heterocycles. The average Bonchev–Trinajstić information content (AvgIpc) is 2.65. The van der Waals surface area contributed by atoms with Crippen molar-refractivity contribution in [2.75, 3.05) is 18.0 Å². The van der Waals surface area contributed by atoms with E-state index in [1.807, 2.05) is 14.0 Å². The summed E-state index contributed by atoms with van der Waals surface area (Å²) in [6.45, 7) is 5.52. The van der Waals surface area contributed by atoms with Gasteiger partial charge in [-0.25, -0.2) is 0 Å². The largest absolute Gasteiger partial charge is 0.365 e. The Hall–Kier alpha value is -1.56. The van der Waals surface area contributed by atoms with Gasteiger partial charge in [-0.2, -0.15) is 5.10 Å². The molecule has 0 bridgehead atoms. The van der Waals surface area contributed by atoms with Crippen LogP contribution < -0.4 is 16.4 Å². The molecule has 0 radical (unpaired) electrons. The minimum absolute atomic E-state index is 0.371. The molecule has 6 nitrogen and oxygen atoms in total. The fourth-order valence-corrected chi connectivity index (χ4v) is 2.93. The van der Waals surface area contributed by atoms with Gasteiger partial charge in [-0.15, -0.1) is 0 Å². The number of amides is 1. The van der Waals surface area contributed by atoms with E-state index in [1.165, 1.54) is 0 Å². The average molecular weight is 265 g/mol. The number of carbonyl (C=O) groups is 1. The third kappa shape index (κ3) is 2.45. The molecule has 19 heavy (non-hydrogen) atoms. The molecule has 0 saturated carbocycles. The summed E-state index contributed by atoms with van der Waals surface area (Å²) in [6.07, 6.45) is 2.21. The first-order valence-corrected chi connectivity index (χ1v) is 6.75. The highest BCUT2D eigenvalue weighted by molar-refractivity contribution is 5.99. The summed E-state index contributed by atoms with van der Waals surface area (Å²) >= 11 is 0. The molecular formula is C13H23N5O. The van der Waals surface area contributed by atoms with E-state index in [4.69, 9.17) is 11.5 Å². The van der Waals surface area contributed by atoms with E-state index in [0.717, 1.165) is 25.2 Å². The molecule has 1 aliphatic rings. The van der Waals surface area contributed by atoms with Crippen LogP contribution in [0.4, 0.5) is 5.82 Å². The predicted octanol–water partition coefficient (Wildman–Crippen LogP) is 0.391. The lowest BCUT2D eigenvalue weighted by Crippen LogP contribution is -2.45. The third-order valence-corrected chi connectivity index (χ3v) is 4.02. The molecule has 1 aromatic heterocycles. The van der Waals surface area contributed by atoms with Crippen molar-refractivity contribution in [3.05, 3.63) is 11.3 Å². The maximum absolute atomic E-state index is 11.7. The van der Waals surface area contributed by atoms with E-state index in [-0.39, 0.29) is 0 Å². The predicted molar refractivity (Wildman–Crippen MR) is 75.0 cm³/mol. The molecule has 6 heteroatoms. The summed E-state index contributed by atoms with van der Waals surface area (Å²) in [5.41, 5.74) is 12.5. The summed E-state index contributed by atoms with van der Waals surface area (Å²) < 4.78 is 1.75. The molecule has 1 aromatic rings. The van der Waals surface area contributed by atoms with Gasteiger partial charge in [0.1, 0.15) is 11.4 Å². The van der Waals surface area contributed by atoms with E-state index in [9.17, 15) is 4.79 Å². The maximum atomic E-state index is 11.7. The van der Waals surface area contributed by atoms with Gasteiger partial charge in [-0.05, 0) is 39.2 Å². The molecule has 1 fully saturated rings. The standard InChI is InChI=1S/C13H23N5O/c1-8-4-5-10(6-14)7-18(8)13-11(12(15)19)9(2)16-17(13)3/h8,10H,4-7,14H2,1-3H3,(H2,15,19). The van der Waals surface area contributed by atoms with Gasteiger partial charge in [0.15, 0.2) is 0 Å². The van der Waals surface area contributed by atoms with Crippen LogP contribution in [0.1, 0.15) is 35.8 Å². The molecule has 0 aliphatic carbocycles. The van der Waals surface area contributed by atoms with Gasteiger partial charge in [0.25, 0.3) is 5.91 Å². The number of hydrogen-bond donors (Lipinski definition) is 2. The number of hydrogen-bond acceptors (Lipinski definition) is 4. The number of aromatic nitrogens is 2. The second-order valence-electron chi connectivity index (χ2n) is 5.45. The monoisotopic (exact) mass is 265 g/mol. The number of aryl methyl sites for hydroxylation is 2. The molecule has 4 N–H and O–H groups in total. The van der Waals surface area contributed by atoms with Crippen LogP contribution in [0.5, 0.6) is 0 Å². The first-order valence-electron chi connectivity index (χ1n) is 6.75. The van der Waals surface area contributed by atoms with E-state index in [2.05, 4.69) is 16.9 Å². The number of nitrogens with two attached hydrogens (primary N) is 2. The normalized spacial score (nSPS) is 23.7. The number of piperidine rings is 1. The fraction of sp³-hybridized carbons (Fsp3) is 0.692. The van der Waals surface area contributed by atoms with Crippen LogP contribution in [0, 0.1) is 12.8 Å². The van der Waals surface area contributed by atoms with Crippen molar-refractivity contribution >= 4 is 11.7 Å². The van der Waals surface area contributed by atoms with Gasteiger partial charge in [-0.1, -0.05) is 0 Å². The van der Waals surface area contributed by atoms with Crippen LogP contribution >= 0.6 is 0 Å². The maximum Gasteiger partial charge on any atom is 0.254 e. The van der Waals surface area contributed by atoms with Gasteiger partial charge in [0.05, 0.1) is 5.69 Å². The highest BCUT2D eigenvalue weighted by Crippen LogP contribution is 2.30. The summed E-state index contributed by atoms with van der Waals surface area (Å²) in [4.78, 5) is 13.9. The van der Waals surface area contributed by atoms with Crippen LogP contribution in [0.25, 0.3) is 0 Å². The van der Waals surface area contributed by atoms with Crippen molar-refractivity contribution < 1.29 is 4.79 Å². The Morgan fingerprint density at radius 2 is 2.16 bits per heavy atom. The minimum atomic E-state index is -0.414. The van der Waals surface area contributed by atoms with E-state index in [1.54, 1.807) is 4.68 Å². The zero-order chi connectivity index (χ0) is 14.2. The Bertz CT molecular complexity index is 482. The SMILES string of the molecule is Cc1nn(C)c(N2CC(CN)CCC2C)c1C(N)=O. The lowest BCUT2D eigenvalue weighted by Gasteiger charge is -2.39. The highest BCUT2D eigenvalue weighted by atomic mass is 16.1. The Labute approximate surface area is 113 Å². The van der Waals surface area contributed by atoms with Crippen molar-refractivity contribution in [3.8, 4) is 0 Å². The lowest BCUT2D eigenvalue weighted by molar-refractivity contribution is 0.1000. The molecule has 2 atom stereocenters. The Morgan fingerprint density at radius 3 is 2.74 bits per heavy atom. The fourth-order valence-electron chi connectivity index (χ4n) is 2.93. The second kappa shape index (κ2) is 5.21. The Kier molecular flexibility index (Phi) is 3.80. The zero-order valence-electron chi connectivity index (χ0n) is 11.9. The summed E-state index contributed by atoms with van der Waals surface area (Å²) in [5.74, 6) is 0.880. The first-order chi connectivity index (χ1) is 8.95. The molecule has 106 valence electrons. The van der Waals surface area contributed by atoms with Crippen molar-refractivity contribution in [1.29, 1.82) is 0 Å². The summed E-state index contributed by atoms with van der Waals surface area (Å²) in [6, 6.07) is 0.371. The molecule has 0 aromatic carbocycles. The highest BCUT2D eigenvalue weighted by Gasteiger charge is 2.30. The number of anilines is 1. The number of rotatable bonds is 3. The van der Waals surface area contributed by atoms with Crippen LogP contribution in [-0.2, 0) is 7.05 Å². The van der Waals surface area contributed by atoms with Crippen LogP contribution in [-0.4, -0.2) is 34.8 Å². The van der Waals surface area contributed by atoms with Gasteiger partial charge in [0.2, 0.25) is 0 Å². The summed E-state index contributed by atoms with van der Waals surface area (Å²) in [5, 5.41) is 4.34. The van der Waals surface area contributed by atoms with Gasteiger partial charge >= 0.3 is 0 Å². The van der Waals surface area contributed by atoms with Gasteiger partial charge < -0.3 is 16.4 Å². The zero-order valence-corrected chi connectivity index (χ0v) is 11.9. The Morgan fingerprint density at radius 1 is 1.47 bits per heavy atom. The van der Waals surface area contributed by atoms with Crippen molar-refractivity contribution in [1.82, 2.24) is 9.78 Å². The number of carbonyl (C=O) groups excluding carboxylic acids is 1. The van der Waals surface area contributed by atoms with E-state index < -0.39 is 5.91 Å². The van der Waals surface area contributed by atoms with Crippen molar-refractivity contribution in [3.63, 3.8) is 0 Å². The van der Waals surface area contributed by atoms with Crippen molar-refractivity contribution in [2.45, 2.75) is 32.7 Å². The first kappa shape index (κ1) is 13.9. The topological polar surface area (TPSA) is 90.2 Å². The minimum Gasteiger partial charge on any atom is -0.365 e. The molecular weight excluding hydrogens is 242 g/mol. The summed E-state index contributed by atoms with van der Waals surface area (Å²) in [7, 11) is 1.85. The molecule has 1 amide bonds. The number of primary amides is 1. The lowest BCUT2D eigenvalue weighted by atomic mass is 9.93. The van der Waals surface area contributed by atoms with Crippen LogP contribution in [0.3, 0.4) is 0 Å². The quantitative estimate of drug-likeness (QED) is 0.827. The molecule has 0 spiro atoms. The van der Waals surface area contributed by atoms with Crippen LogP contribution in [0.15, 0.2) is 0 Å². The van der Waals surface area contributed by atoms with Crippen molar-refractivity contribution in [2.24, 2.45) is 24.4 Å². The Balaban J connectivity index is 2.42. The van der Waals surface area contributed by atoms with E-state index in [0.29, 0.717) is 29.8 Å². The van der Waals surface area contributed by atoms with Gasteiger partial charge in [-0.3, -0.25) is 9.48 Å². The molecule has 2 unspecified atom stereocenters.